The first-order valence-corrected chi connectivity index (χ1v) is 5.04. The zero-order valence-corrected chi connectivity index (χ0v) is 8.94. The van der Waals surface area contributed by atoms with Crippen LogP contribution in [0.3, 0.4) is 0 Å². The van der Waals surface area contributed by atoms with Crippen LogP contribution < -0.4 is 0 Å². The van der Waals surface area contributed by atoms with Gasteiger partial charge in [0.2, 0.25) is 0 Å². The molecule has 0 atom stereocenters. The summed E-state index contributed by atoms with van der Waals surface area (Å²) in [7, 11) is 0. The van der Waals surface area contributed by atoms with Crippen LogP contribution in [-0.2, 0) is 0 Å². The summed E-state index contributed by atoms with van der Waals surface area (Å²) >= 11 is 2.12. The van der Waals surface area contributed by atoms with Crippen molar-refractivity contribution in [2.75, 3.05) is 0 Å². The Bertz CT molecular complexity index is 112. The lowest BCUT2D eigenvalue weighted by molar-refractivity contribution is 0.546. The predicted molar refractivity (Wildman–Crippen MR) is 55.1 cm³/mol. The normalized spacial score (nSPS) is 9.20. The molecule has 0 aromatic carbocycles. The summed E-state index contributed by atoms with van der Waals surface area (Å²) in [5.74, 6) is 3.88. The number of rotatable bonds is 4. The zero-order chi connectivity index (χ0) is 7.82. The van der Waals surface area contributed by atoms with Gasteiger partial charge in [0.05, 0.1) is 0 Å². The van der Waals surface area contributed by atoms with Gasteiger partial charge in [-0.15, -0.1) is 0 Å². The fourth-order valence-electron chi connectivity index (χ4n) is 1.06. The third kappa shape index (κ3) is 5.10. The zero-order valence-electron chi connectivity index (χ0n) is 6.78. The molecule has 10 heavy (non-hydrogen) atoms. The Kier molecular flexibility index (Phi) is 7.61. The first-order chi connectivity index (χ1) is 4.85. The lowest BCUT2D eigenvalue weighted by atomic mass is 10.00. The maximum absolute atomic E-state index is 3.22. The smallest absolute Gasteiger partial charge is 0.0210 e. The average Bonchev–Trinajstić information content (AvgIpc) is 1.90. The third-order valence-corrected chi connectivity index (χ3v) is 1.84. The van der Waals surface area contributed by atoms with Crippen LogP contribution in [0.4, 0.5) is 0 Å². The van der Waals surface area contributed by atoms with Gasteiger partial charge in [-0.05, 0) is 16.8 Å². The van der Waals surface area contributed by atoms with Crippen molar-refractivity contribution in [3.63, 3.8) is 0 Å². The molecule has 0 rings (SSSR count). The maximum Gasteiger partial charge on any atom is 0.0210 e. The van der Waals surface area contributed by atoms with E-state index in [1.54, 1.807) is 0 Å². The van der Waals surface area contributed by atoms with E-state index in [4.69, 9.17) is 0 Å². The van der Waals surface area contributed by atoms with E-state index in [1.807, 2.05) is 0 Å². The Morgan fingerprint density at radius 2 is 1.70 bits per heavy atom. The van der Waals surface area contributed by atoms with Crippen molar-refractivity contribution in [3.8, 4) is 9.85 Å². The molecule has 0 N–H and O–H groups in total. The lowest BCUT2D eigenvalue weighted by Gasteiger charge is -2.05. The molecule has 0 radical (unpaired) electrons. The summed E-state index contributed by atoms with van der Waals surface area (Å²) in [5, 5.41) is 0. The van der Waals surface area contributed by atoms with Crippen LogP contribution in [0.25, 0.3) is 0 Å². The van der Waals surface area contributed by atoms with Gasteiger partial charge in [0.15, 0.2) is 0 Å². The van der Waals surface area contributed by atoms with Gasteiger partial charge in [0.1, 0.15) is 0 Å². The fraction of sp³-hybridized carbons (Fsp3) is 0.778. The van der Waals surface area contributed by atoms with E-state index in [0.717, 1.165) is 0 Å². The molecule has 0 aliphatic rings. The van der Waals surface area contributed by atoms with Gasteiger partial charge in [-0.1, -0.05) is 32.6 Å². The molecule has 0 unspecified atom stereocenters. The highest BCUT2D eigenvalue weighted by atomic mass is 127. The molecular formula is C9H15I. The molecule has 0 fully saturated rings. The van der Waals surface area contributed by atoms with E-state index >= 15 is 0 Å². The molecule has 0 heterocycles. The molecule has 0 spiro atoms. The number of hydrogen-bond donors (Lipinski definition) is 0. The topological polar surface area (TPSA) is 0 Å². The van der Waals surface area contributed by atoms with Crippen LogP contribution in [0.5, 0.6) is 0 Å². The highest BCUT2D eigenvalue weighted by Crippen LogP contribution is 2.11. The van der Waals surface area contributed by atoms with E-state index in [-0.39, 0.29) is 0 Å². The molecule has 0 aliphatic carbocycles. The van der Waals surface area contributed by atoms with Gasteiger partial charge in [0.25, 0.3) is 0 Å². The van der Waals surface area contributed by atoms with Crippen LogP contribution >= 0.6 is 22.6 Å². The van der Waals surface area contributed by atoms with Crippen molar-refractivity contribution >= 4 is 22.6 Å². The molecule has 0 saturated carbocycles. The largest absolute Gasteiger partial charge is 0.0885 e. The minimum absolute atomic E-state index is 0.659. The minimum Gasteiger partial charge on any atom is -0.0885 e. The van der Waals surface area contributed by atoms with Gasteiger partial charge in [-0.2, -0.15) is 0 Å². The molecule has 0 amide bonds. The molecule has 58 valence electrons. The first kappa shape index (κ1) is 10.3. The Hall–Kier alpha value is 0.290. The molecule has 0 nitrogen and oxygen atoms in total. The Morgan fingerprint density at radius 1 is 1.20 bits per heavy atom. The van der Waals surface area contributed by atoms with Crippen molar-refractivity contribution < 1.29 is 0 Å². The van der Waals surface area contributed by atoms with Crippen LogP contribution in [-0.4, -0.2) is 0 Å². The standard InChI is InChI=1S/C9H15I/c1-3-5-9(6-4-2)7-8-10/h9H,3-6H2,1-2H3. The van der Waals surface area contributed by atoms with E-state index < -0.39 is 0 Å². The minimum atomic E-state index is 0.659. The lowest BCUT2D eigenvalue weighted by Crippen LogP contribution is -1.94. The Morgan fingerprint density at radius 3 is 2.00 bits per heavy atom. The van der Waals surface area contributed by atoms with Gasteiger partial charge < -0.3 is 0 Å². The highest BCUT2D eigenvalue weighted by Gasteiger charge is 2.00. The molecule has 0 aliphatic heterocycles. The summed E-state index contributed by atoms with van der Waals surface area (Å²) < 4.78 is 2.96. The van der Waals surface area contributed by atoms with E-state index in [2.05, 4.69) is 46.3 Å². The van der Waals surface area contributed by atoms with Crippen LogP contribution in [0.1, 0.15) is 39.5 Å². The number of hydrogen-bond acceptors (Lipinski definition) is 0. The number of halogens is 1. The predicted octanol–water partition coefficient (Wildman–Crippen LogP) is 3.60. The van der Waals surface area contributed by atoms with Crippen molar-refractivity contribution in [1.82, 2.24) is 0 Å². The summed E-state index contributed by atoms with van der Waals surface area (Å²) in [6.45, 7) is 4.44. The molecule has 0 saturated heterocycles. The molecule has 1 heteroatoms. The summed E-state index contributed by atoms with van der Waals surface area (Å²) in [6.07, 6.45) is 5.06. The van der Waals surface area contributed by atoms with Gasteiger partial charge >= 0.3 is 0 Å². The first-order valence-electron chi connectivity index (χ1n) is 3.96. The summed E-state index contributed by atoms with van der Waals surface area (Å²) in [4.78, 5) is 0. The average molecular weight is 250 g/mol. The molecule has 0 aromatic heterocycles. The van der Waals surface area contributed by atoms with Crippen molar-refractivity contribution in [1.29, 1.82) is 0 Å². The summed E-state index contributed by atoms with van der Waals surface area (Å²) in [6, 6.07) is 0. The Labute approximate surface area is 77.9 Å². The van der Waals surface area contributed by atoms with Gasteiger partial charge in [0, 0.05) is 28.5 Å². The fourth-order valence-corrected chi connectivity index (χ4v) is 1.50. The van der Waals surface area contributed by atoms with Gasteiger partial charge in [-0.25, -0.2) is 0 Å². The SMILES string of the molecule is CCCC(C#CI)CCC. The van der Waals surface area contributed by atoms with Crippen molar-refractivity contribution in [2.24, 2.45) is 5.92 Å². The Balaban J connectivity index is 3.57. The molecule has 0 bridgehead atoms. The van der Waals surface area contributed by atoms with Crippen LogP contribution in [0.2, 0.25) is 0 Å². The quantitative estimate of drug-likeness (QED) is 0.528. The summed E-state index contributed by atoms with van der Waals surface area (Å²) in [5.41, 5.74) is 0. The van der Waals surface area contributed by atoms with Crippen LogP contribution in [0, 0.1) is 15.8 Å². The van der Waals surface area contributed by atoms with E-state index in [9.17, 15) is 0 Å². The van der Waals surface area contributed by atoms with E-state index in [0.29, 0.717) is 5.92 Å². The third-order valence-electron chi connectivity index (χ3n) is 1.53. The monoisotopic (exact) mass is 250 g/mol. The second-order valence-corrected chi connectivity index (χ2v) is 3.05. The van der Waals surface area contributed by atoms with Crippen molar-refractivity contribution in [2.45, 2.75) is 39.5 Å². The second kappa shape index (κ2) is 7.40. The highest BCUT2D eigenvalue weighted by molar-refractivity contribution is 14.1. The van der Waals surface area contributed by atoms with Gasteiger partial charge in [-0.3, -0.25) is 0 Å². The molecule has 0 aromatic rings. The molecular weight excluding hydrogens is 235 g/mol. The maximum atomic E-state index is 3.22. The van der Waals surface area contributed by atoms with E-state index in [1.165, 1.54) is 25.7 Å². The van der Waals surface area contributed by atoms with Crippen LogP contribution in [0.15, 0.2) is 0 Å². The van der Waals surface area contributed by atoms with Crippen molar-refractivity contribution in [3.05, 3.63) is 0 Å². The second-order valence-electron chi connectivity index (χ2n) is 2.51.